The van der Waals surface area contributed by atoms with E-state index in [0.29, 0.717) is 5.59 Å². The van der Waals surface area contributed by atoms with Crippen LogP contribution < -0.4 is 5.59 Å². The molecule has 0 aliphatic carbocycles. The predicted molar refractivity (Wildman–Crippen MR) is 69.1 cm³/mol. The largest absolute Gasteiger partial charge is 0.519 e. The molecule has 1 aliphatic heterocycles. The molecule has 1 saturated heterocycles. The van der Waals surface area contributed by atoms with Gasteiger partial charge >= 0.3 is 7.12 Å². The number of hydrogen-bond acceptors (Lipinski definition) is 4. The van der Waals surface area contributed by atoms with E-state index >= 15 is 0 Å². The first kappa shape index (κ1) is 13.0. The summed E-state index contributed by atoms with van der Waals surface area (Å²) < 4.78 is 14.4. The van der Waals surface area contributed by atoms with Gasteiger partial charge in [-0.15, -0.1) is 5.10 Å². The lowest BCUT2D eigenvalue weighted by Gasteiger charge is -2.32. The number of aromatic nitrogens is 3. The summed E-state index contributed by atoms with van der Waals surface area (Å²) in [5, 5.41) is 8.15. The highest BCUT2D eigenvalue weighted by molar-refractivity contribution is 9.10. The quantitative estimate of drug-likeness (QED) is 0.774. The molecule has 0 saturated carbocycles. The number of rotatable bonds is 2. The Morgan fingerprint density at radius 2 is 1.76 bits per heavy atom. The van der Waals surface area contributed by atoms with E-state index in [1.165, 1.54) is 0 Å². The standard InChI is InChI=1S/C10H17BBrN3O2/c1-6-15-8(12)7(13-14-15)11-16-9(2,3)10(4,5)17-11/h6H2,1-5H3. The van der Waals surface area contributed by atoms with Gasteiger partial charge in [0, 0.05) is 6.54 Å². The Morgan fingerprint density at radius 3 is 2.18 bits per heavy atom. The zero-order valence-corrected chi connectivity index (χ0v) is 12.4. The van der Waals surface area contributed by atoms with Crippen LogP contribution in [-0.4, -0.2) is 33.3 Å². The van der Waals surface area contributed by atoms with E-state index in [4.69, 9.17) is 9.31 Å². The van der Waals surface area contributed by atoms with Gasteiger partial charge in [-0.1, -0.05) is 5.21 Å². The summed E-state index contributed by atoms with van der Waals surface area (Å²) in [7, 11) is -0.463. The molecule has 0 spiro atoms. The Morgan fingerprint density at radius 1 is 1.24 bits per heavy atom. The molecule has 0 atom stereocenters. The number of nitrogens with zero attached hydrogens (tertiary/aromatic N) is 3. The lowest BCUT2D eigenvalue weighted by atomic mass is 9.86. The second-order valence-electron chi connectivity index (χ2n) is 5.17. The maximum atomic E-state index is 5.92. The van der Waals surface area contributed by atoms with Crippen molar-refractivity contribution in [2.75, 3.05) is 0 Å². The summed E-state index contributed by atoms with van der Waals surface area (Å²) in [6.45, 7) is 10.8. The lowest BCUT2D eigenvalue weighted by molar-refractivity contribution is 0.00578. The van der Waals surface area contributed by atoms with E-state index in [0.717, 1.165) is 11.1 Å². The van der Waals surface area contributed by atoms with E-state index in [1.807, 2.05) is 34.6 Å². The minimum absolute atomic E-state index is 0.354. The van der Waals surface area contributed by atoms with Gasteiger partial charge in [0.1, 0.15) is 10.2 Å². The molecule has 1 fully saturated rings. The maximum Gasteiger partial charge on any atom is 0.519 e. The van der Waals surface area contributed by atoms with Crippen LogP contribution in [0, 0.1) is 0 Å². The Labute approximate surface area is 110 Å². The Hall–Kier alpha value is -0.395. The minimum atomic E-state index is -0.463. The number of aryl methyl sites for hydroxylation is 1. The average Bonchev–Trinajstić information content (AvgIpc) is 2.65. The first-order valence-electron chi connectivity index (χ1n) is 5.73. The third-order valence-electron chi connectivity index (χ3n) is 3.47. The van der Waals surface area contributed by atoms with Crippen LogP contribution >= 0.6 is 15.9 Å². The molecule has 1 aromatic rings. The monoisotopic (exact) mass is 301 g/mol. The van der Waals surface area contributed by atoms with Crippen LogP contribution in [0.5, 0.6) is 0 Å². The molecule has 0 bridgehead atoms. The molecule has 1 aliphatic rings. The smallest absolute Gasteiger partial charge is 0.398 e. The molecule has 0 radical (unpaired) electrons. The molecule has 5 nitrogen and oxygen atoms in total. The van der Waals surface area contributed by atoms with Gasteiger partial charge in [0.25, 0.3) is 0 Å². The van der Waals surface area contributed by atoms with Gasteiger partial charge in [-0.3, -0.25) is 0 Å². The lowest BCUT2D eigenvalue weighted by Crippen LogP contribution is -2.41. The van der Waals surface area contributed by atoms with Crippen LogP contribution in [0.4, 0.5) is 0 Å². The van der Waals surface area contributed by atoms with E-state index in [9.17, 15) is 0 Å². The average molecular weight is 302 g/mol. The molecule has 7 heteroatoms. The topological polar surface area (TPSA) is 49.2 Å². The van der Waals surface area contributed by atoms with Crippen molar-refractivity contribution in [1.29, 1.82) is 0 Å². The molecular weight excluding hydrogens is 285 g/mol. The van der Waals surface area contributed by atoms with Crippen LogP contribution in [0.1, 0.15) is 34.6 Å². The van der Waals surface area contributed by atoms with Gasteiger partial charge in [0.05, 0.1) is 11.2 Å². The molecule has 0 aromatic carbocycles. The van der Waals surface area contributed by atoms with Crippen LogP contribution in [0.3, 0.4) is 0 Å². The highest BCUT2D eigenvalue weighted by Crippen LogP contribution is 2.36. The van der Waals surface area contributed by atoms with Crippen molar-refractivity contribution < 1.29 is 9.31 Å². The van der Waals surface area contributed by atoms with Crippen LogP contribution in [0.2, 0.25) is 0 Å². The molecule has 2 heterocycles. The summed E-state index contributed by atoms with van der Waals surface area (Å²) >= 11 is 3.47. The SMILES string of the molecule is CCn1nnc(B2OC(C)(C)C(C)(C)O2)c1Br. The van der Waals surface area contributed by atoms with Gasteiger partial charge in [-0.2, -0.15) is 0 Å². The molecule has 0 N–H and O–H groups in total. The second-order valence-corrected chi connectivity index (χ2v) is 5.92. The van der Waals surface area contributed by atoms with Crippen LogP contribution in [-0.2, 0) is 15.9 Å². The summed E-state index contributed by atoms with van der Waals surface area (Å²) in [6.07, 6.45) is 0. The molecule has 2 rings (SSSR count). The highest BCUT2D eigenvalue weighted by Gasteiger charge is 2.53. The zero-order valence-electron chi connectivity index (χ0n) is 10.8. The third kappa shape index (κ3) is 2.04. The summed E-state index contributed by atoms with van der Waals surface area (Å²) in [5.41, 5.74) is -0.00860. The molecule has 0 amide bonds. The normalized spacial score (nSPS) is 22.1. The third-order valence-corrected chi connectivity index (χ3v) is 4.29. The summed E-state index contributed by atoms with van der Waals surface area (Å²) in [4.78, 5) is 0. The predicted octanol–water partition coefficient (Wildman–Crippen LogP) is 1.36. The molecule has 94 valence electrons. The van der Waals surface area contributed by atoms with Gasteiger partial charge in [-0.05, 0) is 50.5 Å². The van der Waals surface area contributed by atoms with Gasteiger partial charge < -0.3 is 9.31 Å². The van der Waals surface area contributed by atoms with Crippen LogP contribution in [0.25, 0.3) is 0 Å². The van der Waals surface area contributed by atoms with Crippen molar-refractivity contribution in [2.45, 2.75) is 52.4 Å². The summed E-state index contributed by atoms with van der Waals surface area (Å²) in [6, 6.07) is 0. The van der Waals surface area contributed by atoms with Gasteiger partial charge in [0.15, 0.2) is 0 Å². The highest BCUT2D eigenvalue weighted by atomic mass is 79.9. The van der Waals surface area contributed by atoms with E-state index < -0.39 is 7.12 Å². The Bertz CT molecular complexity index is 417. The molecule has 1 aromatic heterocycles. The summed E-state index contributed by atoms with van der Waals surface area (Å²) in [5.74, 6) is 0. The zero-order chi connectivity index (χ0) is 12.8. The number of halogens is 1. The molecule has 17 heavy (non-hydrogen) atoms. The van der Waals surface area contributed by atoms with E-state index in [-0.39, 0.29) is 11.2 Å². The van der Waals surface area contributed by atoms with Crippen molar-refractivity contribution in [1.82, 2.24) is 15.0 Å². The van der Waals surface area contributed by atoms with Gasteiger partial charge in [-0.25, -0.2) is 4.68 Å². The second kappa shape index (κ2) is 4.07. The van der Waals surface area contributed by atoms with E-state index in [1.54, 1.807) is 4.68 Å². The number of hydrogen-bond donors (Lipinski definition) is 0. The fourth-order valence-electron chi connectivity index (χ4n) is 1.62. The first-order valence-corrected chi connectivity index (χ1v) is 6.52. The Balaban J connectivity index is 2.29. The fraction of sp³-hybridized carbons (Fsp3) is 0.800. The molecular formula is C10H17BBrN3O2. The van der Waals surface area contributed by atoms with Crippen LogP contribution in [0.15, 0.2) is 4.60 Å². The maximum absolute atomic E-state index is 5.92. The fourth-order valence-corrected chi connectivity index (χ4v) is 2.20. The van der Waals surface area contributed by atoms with Crippen molar-refractivity contribution in [3.05, 3.63) is 4.60 Å². The van der Waals surface area contributed by atoms with Gasteiger partial charge in [0.2, 0.25) is 0 Å². The minimum Gasteiger partial charge on any atom is -0.398 e. The van der Waals surface area contributed by atoms with Crippen molar-refractivity contribution in [2.24, 2.45) is 0 Å². The Kier molecular flexibility index (Phi) is 3.12. The molecule has 0 unspecified atom stereocenters. The van der Waals surface area contributed by atoms with Crippen molar-refractivity contribution in [3.8, 4) is 0 Å². The first-order chi connectivity index (χ1) is 7.78. The van der Waals surface area contributed by atoms with Crippen molar-refractivity contribution in [3.63, 3.8) is 0 Å². The van der Waals surface area contributed by atoms with E-state index in [2.05, 4.69) is 26.2 Å². The van der Waals surface area contributed by atoms with Crippen molar-refractivity contribution >= 4 is 28.6 Å².